The maximum absolute atomic E-state index is 13.4. The Bertz CT molecular complexity index is 1640. The van der Waals surface area contributed by atoms with Gasteiger partial charge in [-0.3, -0.25) is 19.8 Å². The molecule has 5 aromatic rings. The molecule has 8 nitrogen and oxygen atoms in total. The molecule has 1 heterocycles. The molecule has 3 N–H and O–H groups in total. The Morgan fingerprint density at radius 2 is 1.38 bits per heavy atom. The van der Waals surface area contributed by atoms with E-state index in [0.29, 0.717) is 26.2 Å². The number of hydroxylamine groups is 1. The van der Waals surface area contributed by atoms with Crippen LogP contribution >= 0.6 is 0 Å². The van der Waals surface area contributed by atoms with Crippen molar-refractivity contribution >= 4 is 29.0 Å². The summed E-state index contributed by atoms with van der Waals surface area (Å²) in [6.07, 6.45) is 5.47. The molecule has 0 aliphatic heterocycles. The number of carbonyl (C=O) groups excluding carboxylic acids is 2. The summed E-state index contributed by atoms with van der Waals surface area (Å²) < 4.78 is 5.88. The lowest BCUT2D eigenvalue weighted by Crippen LogP contribution is -2.34. The number of aromatic amines is 1. The normalized spacial score (nSPS) is 11.2. The van der Waals surface area contributed by atoms with E-state index in [0.717, 1.165) is 40.7 Å². The SMILES string of the molecule is O=C(/C=C/c1ccc(CN(CCOC(=O)N(Cc2ccccc2)Cc2ccccc2)CCc2c[nH]c3ccccc23)cc1)NO. The molecule has 0 saturated heterocycles. The van der Waals surface area contributed by atoms with E-state index in [-0.39, 0.29) is 12.7 Å². The third-order valence-corrected chi connectivity index (χ3v) is 7.62. The molecule has 8 heteroatoms. The summed E-state index contributed by atoms with van der Waals surface area (Å²) >= 11 is 0. The molecule has 0 radical (unpaired) electrons. The van der Waals surface area contributed by atoms with Gasteiger partial charge >= 0.3 is 6.09 Å². The summed E-state index contributed by atoms with van der Waals surface area (Å²) in [5, 5.41) is 9.92. The first kappa shape index (κ1) is 31.3. The molecular formula is C37H38N4O4. The van der Waals surface area contributed by atoms with Crippen molar-refractivity contribution < 1.29 is 19.5 Å². The first-order valence-electron chi connectivity index (χ1n) is 15.1. The first-order valence-corrected chi connectivity index (χ1v) is 15.1. The lowest BCUT2D eigenvalue weighted by molar-refractivity contribution is -0.124. The van der Waals surface area contributed by atoms with Gasteiger partial charge in [-0.2, -0.15) is 0 Å². The summed E-state index contributed by atoms with van der Waals surface area (Å²) in [6.45, 7) is 3.17. The van der Waals surface area contributed by atoms with Gasteiger partial charge in [-0.15, -0.1) is 0 Å². The van der Waals surface area contributed by atoms with Crippen LogP contribution in [0.2, 0.25) is 0 Å². The van der Waals surface area contributed by atoms with Crippen LogP contribution in [-0.2, 0) is 35.6 Å². The molecule has 1 aromatic heterocycles. The highest BCUT2D eigenvalue weighted by molar-refractivity contribution is 5.90. The fraction of sp³-hybridized carbons (Fsp3) is 0.189. The van der Waals surface area contributed by atoms with Gasteiger partial charge in [-0.25, -0.2) is 10.3 Å². The number of hydrogen-bond donors (Lipinski definition) is 3. The predicted octanol–water partition coefficient (Wildman–Crippen LogP) is 6.57. The van der Waals surface area contributed by atoms with Crippen LogP contribution in [0.15, 0.2) is 121 Å². The minimum Gasteiger partial charge on any atom is -0.448 e. The van der Waals surface area contributed by atoms with E-state index in [1.165, 1.54) is 17.0 Å². The van der Waals surface area contributed by atoms with Crippen LogP contribution in [0.3, 0.4) is 0 Å². The van der Waals surface area contributed by atoms with E-state index < -0.39 is 5.91 Å². The van der Waals surface area contributed by atoms with E-state index in [1.807, 2.05) is 97.1 Å². The van der Waals surface area contributed by atoms with Crippen LogP contribution in [-0.4, -0.2) is 51.7 Å². The third kappa shape index (κ3) is 9.40. The number of hydrogen-bond acceptors (Lipinski definition) is 5. The maximum Gasteiger partial charge on any atom is 0.410 e. The summed E-state index contributed by atoms with van der Waals surface area (Å²) in [7, 11) is 0. The number of benzene rings is 4. The molecule has 0 spiro atoms. The zero-order chi connectivity index (χ0) is 31.3. The maximum atomic E-state index is 13.4. The van der Waals surface area contributed by atoms with Gasteiger partial charge in [0.1, 0.15) is 6.61 Å². The third-order valence-electron chi connectivity index (χ3n) is 7.62. The molecule has 4 aromatic carbocycles. The Labute approximate surface area is 263 Å². The smallest absolute Gasteiger partial charge is 0.410 e. The Kier molecular flexibility index (Phi) is 11.1. The highest BCUT2D eigenvalue weighted by Crippen LogP contribution is 2.19. The van der Waals surface area contributed by atoms with Gasteiger partial charge in [-0.05, 0) is 46.4 Å². The van der Waals surface area contributed by atoms with Crippen LogP contribution in [0.4, 0.5) is 4.79 Å². The van der Waals surface area contributed by atoms with Gasteiger partial charge in [0.25, 0.3) is 5.91 Å². The van der Waals surface area contributed by atoms with E-state index in [1.54, 1.807) is 16.5 Å². The standard InChI is InChI=1S/C37H38N4O4/c42-36(39-44)20-19-29-15-17-32(18-16-29)26-40(22-21-33-25-38-35-14-8-7-13-34(33)35)23-24-45-37(43)41(27-30-9-3-1-4-10-30)28-31-11-5-2-6-12-31/h1-20,25,38,44H,21-24,26-28H2,(H,39,42)/b20-19+. The van der Waals surface area contributed by atoms with Crippen molar-refractivity contribution in [2.45, 2.75) is 26.1 Å². The van der Waals surface area contributed by atoms with E-state index in [2.05, 4.69) is 28.2 Å². The molecule has 230 valence electrons. The van der Waals surface area contributed by atoms with Crippen molar-refractivity contribution in [1.29, 1.82) is 0 Å². The predicted molar refractivity (Wildman–Crippen MR) is 176 cm³/mol. The minimum atomic E-state index is -0.580. The van der Waals surface area contributed by atoms with Crippen LogP contribution in [0.5, 0.6) is 0 Å². The molecule has 0 aliphatic carbocycles. The zero-order valence-electron chi connectivity index (χ0n) is 25.1. The molecule has 2 amide bonds. The van der Waals surface area contributed by atoms with Gasteiger partial charge in [0, 0.05) is 55.9 Å². The number of ether oxygens (including phenoxy) is 1. The van der Waals surface area contributed by atoms with Crippen LogP contribution < -0.4 is 5.48 Å². The van der Waals surface area contributed by atoms with Crippen LogP contribution in [0.1, 0.15) is 27.8 Å². The number of nitrogens with zero attached hydrogens (tertiary/aromatic N) is 2. The van der Waals surface area contributed by atoms with Gasteiger partial charge in [0.05, 0.1) is 0 Å². The second kappa shape index (κ2) is 16.0. The summed E-state index contributed by atoms with van der Waals surface area (Å²) in [5.74, 6) is -0.580. The molecule has 0 unspecified atom stereocenters. The minimum absolute atomic E-state index is 0.254. The number of fused-ring (bicyclic) bond motifs is 1. The van der Waals surface area contributed by atoms with Crippen molar-refractivity contribution in [1.82, 2.24) is 20.3 Å². The average molecular weight is 603 g/mol. The Morgan fingerprint density at radius 3 is 2.04 bits per heavy atom. The van der Waals surface area contributed by atoms with Gasteiger partial charge in [-0.1, -0.05) is 103 Å². The van der Waals surface area contributed by atoms with Gasteiger partial charge in [0.2, 0.25) is 0 Å². The first-order chi connectivity index (χ1) is 22.1. The second-order valence-electron chi connectivity index (χ2n) is 10.9. The van der Waals surface area contributed by atoms with Crippen molar-refractivity contribution in [3.05, 3.63) is 149 Å². The number of carbonyl (C=O) groups is 2. The van der Waals surface area contributed by atoms with Crippen molar-refractivity contribution in [3.63, 3.8) is 0 Å². The highest BCUT2D eigenvalue weighted by Gasteiger charge is 2.17. The number of H-pyrrole nitrogens is 1. The van der Waals surface area contributed by atoms with Crippen LogP contribution in [0.25, 0.3) is 17.0 Å². The fourth-order valence-corrected chi connectivity index (χ4v) is 5.23. The van der Waals surface area contributed by atoms with Gasteiger partial charge in [0.15, 0.2) is 0 Å². The molecule has 0 aliphatic rings. The number of amides is 2. The summed E-state index contributed by atoms with van der Waals surface area (Å²) in [5.41, 5.74) is 7.98. The molecule has 5 rings (SSSR count). The molecule has 45 heavy (non-hydrogen) atoms. The van der Waals surface area contributed by atoms with E-state index in [9.17, 15) is 9.59 Å². The average Bonchev–Trinajstić information content (AvgIpc) is 3.50. The lowest BCUT2D eigenvalue weighted by Gasteiger charge is -2.25. The molecule has 0 bridgehead atoms. The zero-order valence-corrected chi connectivity index (χ0v) is 25.1. The van der Waals surface area contributed by atoms with Crippen LogP contribution in [0, 0.1) is 0 Å². The van der Waals surface area contributed by atoms with Crippen molar-refractivity contribution in [3.8, 4) is 0 Å². The monoisotopic (exact) mass is 602 g/mol. The van der Waals surface area contributed by atoms with E-state index in [4.69, 9.17) is 9.94 Å². The molecule has 0 atom stereocenters. The second-order valence-corrected chi connectivity index (χ2v) is 10.9. The number of rotatable bonds is 14. The Morgan fingerprint density at radius 1 is 0.756 bits per heavy atom. The summed E-state index contributed by atoms with van der Waals surface area (Å²) in [4.78, 5) is 32.1. The van der Waals surface area contributed by atoms with E-state index >= 15 is 0 Å². The van der Waals surface area contributed by atoms with Crippen molar-refractivity contribution in [2.24, 2.45) is 0 Å². The highest BCUT2D eigenvalue weighted by atomic mass is 16.6. The Hall–Kier alpha value is -5.18. The number of aromatic nitrogens is 1. The quantitative estimate of drug-likeness (QED) is 0.0759. The van der Waals surface area contributed by atoms with Gasteiger partial charge < -0.3 is 9.72 Å². The fourth-order valence-electron chi connectivity index (χ4n) is 5.23. The molecule has 0 fully saturated rings. The molecular weight excluding hydrogens is 564 g/mol. The number of para-hydroxylation sites is 1. The topological polar surface area (TPSA) is 97.9 Å². The lowest BCUT2D eigenvalue weighted by atomic mass is 10.1. The Balaban J connectivity index is 1.25. The van der Waals surface area contributed by atoms with Crippen molar-refractivity contribution in [2.75, 3.05) is 19.7 Å². The summed E-state index contributed by atoms with van der Waals surface area (Å²) in [6, 6.07) is 36.1. The largest absolute Gasteiger partial charge is 0.448 e. The molecule has 0 saturated carbocycles. The number of nitrogens with one attached hydrogen (secondary N) is 2.